The Bertz CT molecular complexity index is 408. The standard InChI is InChI=1S/C12H14N2O2/c15-11(16)12(5-8-4-9(8)6-12)7-10-13-2-1-3-14-10/h1-3,8-9H,4-7H2,(H,15,16). The van der Waals surface area contributed by atoms with Crippen LogP contribution in [0.2, 0.25) is 0 Å². The zero-order chi connectivity index (χ0) is 11.2. The van der Waals surface area contributed by atoms with E-state index in [-0.39, 0.29) is 0 Å². The number of aliphatic carboxylic acids is 1. The Morgan fingerprint density at radius 1 is 1.38 bits per heavy atom. The molecule has 2 fully saturated rings. The molecule has 1 aromatic rings. The van der Waals surface area contributed by atoms with Gasteiger partial charge in [-0.05, 0) is 37.2 Å². The molecule has 2 saturated carbocycles. The lowest BCUT2D eigenvalue weighted by Gasteiger charge is -2.24. The van der Waals surface area contributed by atoms with Gasteiger partial charge >= 0.3 is 5.97 Å². The first-order valence-electron chi connectivity index (χ1n) is 5.69. The summed E-state index contributed by atoms with van der Waals surface area (Å²) in [7, 11) is 0. The van der Waals surface area contributed by atoms with Crippen LogP contribution in [0.1, 0.15) is 25.1 Å². The Labute approximate surface area is 93.7 Å². The van der Waals surface area contributed by atoms with E-state index in [1.54, 1.807) is 18.5 Å². The molecule has 3 rings (SSSR count). The fourth-order valence-electron chi connectivity index (χ4n) is 3.02. The molecule has 84 valence electrons. The monoisotopic (exact) mass is 218 g/mol. The topological polar surface area (TPSA) is 63.1 Å². The Morgan fingerprint density at radius 2 is 2.00 bits per heavy atom. The molecule has 0 radical (unpaired) electrons. The lowest BCUT2D eigenvalue weighted by Crippen LogP contribution is -2.32. The van der Waals surface area contributed by atoms with Gasteiger partial charge in [-0.1, -0.05) is 0 Å². The van der Waals surface area contributed by atoms with Gasteiger partial charge in [-0.2, -0.15) is 0 Å². The molecule has 2 aliphatic carbocycles. The predicted octanol–water partition coefficient (Wildman–Crippen LogP) is 1.52. The van der Waals surface area contributed by atoms with Crippen LogP contribution in [0.4, 0.5) is 0 Å². The molecule has 0 aliphatic heterocycles. The van der Waals surface area contributed by atoms with Gasteiger partial charge in [0.25, 0.3) is 0 Å². The normalized spacial score (nSPS) is 35.8. The molecule has 4 heteroatoms. The summed E-state index contributed by atoms with van der Waals surface area (Å²) in [5.41, 5.74) is -0.588. The van der Waals surface area contributed by atoms with Crippen LogP contribution < -0.4 is 0 Å². The molecule has 2 unspecified atom stereocenters. The van der Waals surface area contributed by atoms with Crippen LogP contribution in [0.5, 0.6) is 0 Å². The van der Waals surface area contributed by atoms with Crippen LogP contribution in [0, 0.1) is 17.3 Å². The van der Waals surface area contributed by atoms with Crippen LogP contribution in [-0.2, 0) is 11.2 Å². The van der Waals surface area contributed by atoms with Crippen LogP contribution in [0.3, 0.4) is 0 Å². The van der Waals surface area contributed by atoms with Crippen molar-refractivity contribution in [2.24, 2.45) is 17.3 Å². The molecule has 1 heterocycles. The maximum absolute atomic E-state index is 11.4. The average molecular weight is 218 g/mol. The Balaban J connectivity index is 1.83. The fraction of sp³-hybridized carbons (Fsp3) is 0.583. The van der Waals surface area contributed by atoms with Gasteiger partial charge in [0.05, 0.1) is 5.41 Å². The van der Waals surface area contributed by atoms with Gasteiger partial charge in [-0.15, -0.1) is 0 Å². The molecular weight excluding hydrogens is 204 g/mol. The lowest BCUT2D eigenvalue weighted by molar-refractivity contribution is -0.149. The predicted molar refractivity (Wildman–Crippen MR) is 56.6 cm³/mol. The van der Waals surface area contributed by atoms with E-state index in [1.165, 1.54) is 6.42 Å². The minimum atomic E-state index is -0.674. The van der Waals surface area contributed by atoms with Crippen molar-refractivity contribution in [2.75, 3.05) is 0 Å². The van der Waals surface area contributed by atoms with Crippen molar-refractivity contribution >= 4 is 5.97 Å². The zero-order valence-electron chi connectivity index (χ0n) is 8.97. The fourth-order valence-corrected chi connectivity index (χ4v) is 3.02. The molecule has 4 nitrogen and oxygen atoms in total. The number of fused-ring (bicyclic) bond motifs is 1. The van der Waals surface area contributed by atoms with E-state index in [0.717, 1.165) is 12.8 Å². The second-order valence-electron chi connectivity index (χ2n) is 5.09. The first-order chi connectivity index (χ1) is 7.70. The van der Waals surface area contributed by atoms with Gasteiger partial charge in [-0.25, -0.2) is 9.97 Å². The summed E-state index contributed by atoms with van der Waals surface area (Å²) in [5, 5.41) is 9.41. The summed E-state index contributed by atoms with van der Waals surface area (Å²) in [5.74, 6) is 1.29. The van der Waals surface area contributed by atoms with Gasteiger partial charge in [-0.3, -0.25) is 4.79 Å². The summed E-state index contributed by atoms with van der Waals surface area (Å²) in [6, 6.07) is 1.75. The van der Waals surface area contributed by atoms with Crippen LogP contribution >= 0.6 is 0 Å². The molecule has 0 saturated heterocycles. The number of aromatic nitrogens is 2. The lowest BCUT2D eigenvalue weighted by atomic mass is 9.79. The van der Waals surface area contributed by atoms with E-state index < -0.39 is 11.4 Å². The number of carboxylic acids is 1. The highest BCUT2D eigenvalue weighted by atomic mass is 16.4. The molecule has 16 heavy (non-hydrogen) atoms. The minimum Gasteiger partial charge on any atom is -0.481 e. The molecule has 1 N–H and O–H groups in total. The van der Waals surface area contributed by atoms with Crippen LogP contribution in [0.15, 0.2) is 18.5 Å². The van der Waals surface area contributed by atoms with Crippen molar-refractivity contribution in [3.8, 4) is 0 Å². The second-order valence-corrected chi connectivity index (χ2v) is 5.09. The Hall–Kier alpha value is -1.45. The maximum atomic E-state index is 11.4. The van der Waals surface area contributed by atoms with E-state index in [2.05, 4.69) is 9.97 Å². The molecule has 2 aliphatic rings. The highest BCUT2D eigenvalue weighted by Crippen LogP contribution is 2.60. The SMILES string of the molecule is O=C(O)C1(Cc2ncccn2)CC2CC2C1. The van der Waals surface area contributed by atoms with Crippen LogP contribution in [0.25, 0.3) is 0 Å². The van der Waals surface area contributed by atoms with Crippen molar-refractivity contribution in [2.45, 2.75) is 25.7 Å². The number of carbonyl (C=O) groups is 1. The van der Waals surface area contributed by atoms with Crippen molar-refractivity contribution in [3.63, 3.8) is 0 Å². The van der Waals surface area contributed by atoms with Crippen molar-refractivity contribution in [1.82, 2.24) is 9.97 Å². The van der Waals surface area contributed by atoms with Gasteiger partial charge in [0, 0.05) is 18.8 Å². The third-order valence-electron chi connectivity index (χ3n) is 3.94. The molecule has 0 spiro atoms. The van der Waals surface area contributed by atoms with Gasteiger partial charge in [0.15, 0.2) is 0 Å². The van der Waals surface area contributed by atoms with Gasteiger partial charge in [0.2, 0.25) is 0 Å². The molecule has 0 aromatic carbocycles. The molecule has 0 amide bonds. The number of nitrogens with zero attached hydrogens (tertiary/aromatic N) is 2. The highest BCUT2D eigenvalue weighted by molar-refractivity contribution is 5.75. The van der Waals surface area contributed by atoms with E-state index in [4.69, 9.17) is 0 Å². The zero-order valence-corrected chi connectivity index (χ0v) is 8.97. The summed E-state index contributed by atoms with van der Waals surface area (Å²) >= 11 is 0. The van der Waals surface area contributed by atoms with E-state index in [1.807, 2.05) is 0 Å². The first-order valence-corrected chi connectivity index (χ1v) is 5.69. The van der Waals surface area contributed by atoms with Gasteiger partial charge < -0.3 is 5.11 Å². The van der Waals surface area contributed by atoms with Crippen molar-refractivity contribution < 1.29 is 9.90 Å². The van der Waals surface area contributed by atoms with Gasteiger partial charge in [0.1, 0.15) is 5.82 Å². The molecule has 2 atom stereocenters. The van der Waals surface area contributed by atoms with E-state index in [0.29, 0.717) is 24.1 Å². The second kappa shape index (κ2) is 3.27. The van der Waals surface area contributed by atoms with E-state index in [9.17, 15) is 9.90 Å². The average Bonchev–Trinajstić information content (AvgIpc) is 2.88. The molecule has 1 aromatic heterocycles. The Morgan fingerprint density at radius 3 is 2.56 bits per heavy atom. The maximum Gasteiger partial charge on any atom is 0.310 e. The largest absolute Gasteiger partial charge is 0.481 e. The van der Waals surface area contributed by atoms with Crippen LogP contribution in [-0.4, -0.2) is 21.0 Å². The number of hydrogen-bond donors (Lipinski definition) is 1. The van der Waals surface area contributed by atoms with Crippen molar-refractivity contribution in [3.05, 3.63) is 24.3 Å². The third kappa shape index (κ3) is 1.49. The minimum absolute atomic E-state index is 0.482. The summed E-state index contributed by atoms with van der Waals surface area (Å²) in [6.07, 6.45) is 6.68. The number of hydrogen-bond acceptors (Lipinski definition) is 3. The highest BCUT2D eigenvalue weighted by Gasteiger charge is 2.57. The van der Waals surface area contributed by atoms with E-state index >= 15 is 0 Å². The Kier molecular flexibility index (Phi) is 1.99. The summed E-state index contributed by atoms with van der Waals surface area (Å²) < 4.78 is 0. The smallest absolute Gasteiger partial charge is 0.310 e. The molecular formula is C12H14N2O2. The number of rotatable bonds is 3. The number of carboxylic acid groups (broad SMARTS) is 1. The first kappa shape index (κ1) is 9.75. The van der Waals surface area contributed by atoms with Crippen molar-refractivity contribution in [1.29, 1.82) is 0 Å². The summed E-state index contributed by atoms with van der Waals surface area (Å²) in [6.45, 7) is 0. The molecule has 0 bridgehead atoms. The quantitative estimate of drug-likeness (QED) is 0.835. The summed E-state index contributed by atoms with van der Waals surface area (Å²) in [4.78, 5) is 19.7. The third-order valence-corrected chi connectivity index (χ3v) is 3.94.